The van der Waals surface area contributed by atoms with Crippen molar-refractivity contribution >= 4 is 29.1 Å². The molecule has 2 aromatic carbocycles. The molecule has 31 heavy (non-hydrogen) atoms. The van der Waals surface area contributed by atoms with Crippen molar-refractivity contribution in [2.75, 3.05) is 38.1 Å². The third-order valence-corrected chi connectivity index (χ3v) is 5.83. The molecule has 1 saturated heterocycles. The second-order valence-corrected chi connectivity index (χ2v) is 7.95. The molecule has 2 amide bonds. The van der Waals surface area contributed by atoms with Crippen LogP contribution in [0.5, 0.6) is 5.75 Å². The lowest BCUT2D eigenvalue weighted by Crippen LogP contribution is -2.35. The first kappa shape index (κ1) is 23.1. The Kier molecular flexibility index (Phi) is 8.32. The molecule has 1 aliphatic rings. The zero-order valence-corrected chi connectivity index (χ0v) is 18.9. The molecule has 2 aromatic rings. The lowest BCUT2D eigenvalue weighted by molar-refractivity contribution is -0.133. The highest BCUT2D eigenvalue weighted by molar-refractivity contribution is 6.32. The van der Waals surface area contributed by atoms with E-state index in [1.54, 1.807) is 23.1 Å². The zero-order chi connectivity index (χ0) is 22.2. The predicted molar refractivity (Wildman–Crippen MR) is 123 cm³/mol. The average Bonchev–Trinajstić information content (AvgIpc) is 3.29. The molecule has 1 N–H and O–H groups in total. The van der Waals surface area contributed by atoms with Crippen LogP contribution in [0.1, 0.15) is 38.3 Å². The number of hydrogen-bond acceptors (Lipinski definition) is 4. The molecule has 6 nitrogen and oxygen atoms in total. The topological polar surface area (TPSA) is 61.9 Å². The first-order valence-corrected chi connectivity index (χ1v) is 11.2. The normalized spacial score (nSPS) is 14.8. The van der Waals surface area contributed by atoms with E-state index in [4.69, 9.17) is 16.3 Å². The van der Waals surface area contributed by atoms with E-state index in [1.807, 2.05) is 44.2 Å². The van der Waals surface area contributed by atoms with E-state index in [0.29, 0.717) is 29.5 Å². The van der Waals surface area contributed by atoms with Crippen LogP contribution in [0.25, 0.3) is 0 Å². The number of nitrogens with one attached hydrogen (secondary N) is 1. The van der Waals surface area contributed by atoms with Crippen molar-refractivity contribution in [3.8, 4) is 5.75 Å². The molecule has 1 fully saturated rings. The fourth-order valence-corrected chi connectivity index (χ4v) is 4.11. The maximum absolute atomic E-state index is 13.2. The number of nitrogens with zero attached hydrogens (tertiary/aromatic N) is 2. The van der Waals surface area contributed by atoms with Crippen molar-refractivity contribution < 1.29 is 14.3 Å². The Bertz CT molecular complexity index is 881. The van der Waals surface area contributed by atoms with Crippen LogP contribution in [-0.4, -0.2) is 54.4 Å². The van der Waals surface area contributed by atoms with Crippen LogP contribution in [0.15, 0.2) is 48.5 Å². The number of carbonyl (C=O) groups excluding carboxylic acids is 2. The van der Waals surface area contributed by atoms with Crippen molar-refractivity contribution in [2.24, 2.45) is 0 Å². The summed E-state index contributed by atoms with van der Waals surface area (Å²) < 4.78 is 5.60. The van der Waals surface area contributed by atoms with Gasteiger partial charge in [-0.05, 0) is 63.5 Å². The fraction of sp³-hybridized carbons (Fsp3) is 0.417. The summed E-state index contributed by atoms with van der Waals surface area (Å²) in [5.74, 6) is 0.239. The van der Waals surface area contributed by atoms with Gasteiger partial charge in [0.15, 0.2) is 6.61 Å². The van der Waals surface area contributed by atoms with Gasteiger partial charge >= 0.3 is 0 Å². The van der Waals surface area contributed by atoms with Crippen molar-refractivity contribution in [1.29, 1.82) is 0 Å². The molecule has 0 bridgehead atoms. The molecule has 166 valence electrons. The SMILES string of the molecule is CCN(CC)C(=O)COc1ccc(NC(=O)C(c2ccccc2)N2CCCC2)cc1Cl. The number of rotatable bonds is 9. The number of likely N-dealkylation sites (N-methyl/N-ethyl adjacent to an activating group) is 1. The highest BCUT2D eigenvalue weighted by atomic mass is 35.5. The highest BCUT2D eigenvalue weighted by Gasteiger charge is 2.29. The Hall–Kier alpha value is -2.57. The number of likely N-dealkylation sites (tertiary alicyclic amines) is 1. The predicted octanol–water partition coefficient (Wildman–Crippen LogP) is 4.36. The Labute approximate surface area is 189 Å². The summed E-state index contributed by atoms with van der Waals surface area (Å²) in [6.07, 6.45) is 2.20. The van der Waals surface area contributed by atoms with Crippen LogP contribution < -0.4 is 10.1 Å². The third-order valence-electron chi connectivity index (χ3n) is 5.54. The Morgan fingerprint density at radius 1 is 1.10 bits per heavy atom. The summed E-state index contributed by atoms with van der Waals surface area (Å²) in [6, 6.07) is 14.6. The number of benzene rings is 2. The van der Waals surface area contributed by atoms with Gasteiger partial charge in [0.2, 0.25) is 5.91 Å². The van der Waals surface area contributed by atoms with Crippen LogP contribution >= 0.6 is 11.6 Å². The molecule has 0 saturated carbocycles. The minimum Gasteiger partial charge on any atom is -0.482 e. The van der Waals surface area contributed by atoms with Crippen LogP contribution in [0.3, 0.4) is 0 Å². The summed E-state index contributed by atoms with van der Waals surface area (Å²) in [5, 5.41) is 3.34. The van der Waals surface area contributed by atoms with Crippen molar-refractivity contribution in [3.05, 3.63) is 59.1 Å². The Morgan fingerprint density at radius 3 is 2.39 bits per heavy atom. The molecule has 0 aliphatic carbocycles. The lowest BCUT2D eigenvalue weighted by atomic mass is 10.0. The number of hydrogen-bond donors (Lipinski definition) is 1. The molecule has 1 aliphatic heterocycles. The van der Waals surface area contributed by atoms with Gasteiger partial charge in [0.1, 0.15) is 11.8 Å². The average molecular weight is 444 g/mol. The highest BCUT2D eigenvalue weighted by Crippen LogP contribution is 2.30. The van der Waals surface area contributed by atoms with E-state index in [1.165, 1.54) is 0 Å². The zero-order valence-electron chi connectivity index (χ0n) is 18.1. The first-order valence-electron chi connectivity index (χ1n) is 10.8. The van der Waals surface area contributed by atoms with Gasteiger partial charge in [0.05, 0.1) is 5.02 Å². The van der Waals surface area contributed by atoms with E-state index in [9.17, 15) is 9.59 Å². The van der Waals surface area contributed by atoms with Gasteiger partial charge in [0.25, 0.3) is 5.91 Å². The number of amides is 2. The smallest absolute Gasteiger partial charge is 0.260 e. The lowest BCUT2D eigenvalue weighted by Gasteiger charge is -2.27. The molecule has 0 aromatic heterocycles. The second kappa shape index (κ2) is 11.2. The van der Waals surface area contributed by atoms with Gasteiger partial charge in [-0.25, -0.2) is 0 Å². The number of halogens is 1. The van der Waals surface area contributed by atoms with Crippen molar-refractivity contribution in [2.45, 2.75) is 32.7 Å². The van der Waals surface area contributed by atoms with Gasteiger partial charge in [-0.1, -0.05) is 41.9 Å². The largest absolute Gasteiger partial charge is 0.482 e. The summed E-state index contributed by atoms with van der Waals surface area (Å²) in [7, 11) is 0. The van der Waals surface area contributed by atoms with E-state index >= 15 is 0 Å². The maximum Gasteiger partial charge on any atom is 0.260 e. The quantitative estimate of drug-likeness (QED) is 0.625. The van der Waals surface area contributed by atoms with Crippen LogP contribution in [0.2, 0.25) is 5.02 Å². The van der Waals surface area contributed by atoms with E-state index in [-0.39, 0.29) is 24.5 Å². The molecule has 3 rings (SSSR count). The maximum atomic E-state index is 13.2. The van der Waals surface area contributed by atoms with E-state index < -0.39 is 0 Å². The number of ether oxygens (including phenoxy) is 1. The van der Waals surface area contributed by atoms with Crippen LogP contribution in [-0.2, 0) is 9.59 Å². The summed E-state index contributed by atoms with van der Waals surface area (Å²) >= 11 is 6.36. The molecule has 0 radical (unpaired) electrons. The minimum atomic E-state index is -0.343. The number of anilines is 1. The molecule has 1 heterocycles. The van der Waals surface area contributed by atoms with Gasteiger partial charge in [0, 0.05) is 18.8 Å². The molecule has 7 heteroatoms. The van der Waals surface area contributed by atoms with Crippen LogP contribution in [0.4, 0.5) is 5.69 Å². The summed E-state index contributed by atoms with van der Waals surface area (Å²) in [4.78, 5) is 29.2. The van der Waals surface area contributed by atoms with E-state index in [2.05, 4.69) is 10.2 Å². The second-order valence-electron chi connectivity index (χ2n) is 7.55. The number of carbonyl (C=O) groups is 2. The minimum absolute atomic E-state index is 0.0713. The fourth-order valence-electron chi connectivity index (χ4n) is 3.88. The third kappa shape index (κ3) is 5.99. The molecular formula is C24H30ClN3O3. The monoisotopic (exact) mass is 443 g/mol. The molecule has 0 spiro atoms. The molecular weight excluding hydrogens is 414 g/mol. The Balaban J connectivity index is 1.68. The first-order chi connectivity index (χ1) is 15.0. The summed E-state index contributed by atoms with van der Waals surface area (Å²) in [6.45, 7) is 6.86. The van der Waals surface area contributed by atoms with Gasteiger partial charge in [-0.2, -0.15) is 0 Å². The van der Waals surface area contributed by atoms with Gasteiger partial charge in [-0.3, -0.25) is 14.5 Å². The molecule has 1 atom stereocenters. The van der Waals surface area contributed by atoms with Crippen molar-refractivity contribution in [1.82, 2.24) is 9.80 Å². The van der Waals surface area contributed by atoms with Gasteiger partial charge in [-0.15, -0.1) is 0 Å². The van der Waals surface area contributed by atoms with E-state index in [0.717, 1.165) is 31.5 Å². The van der Waals surface area contributed by atoms with Gasteiger partial charge < -0.3 is 15.0 Å². The Morgan fingerprint density at radius 2 is 1.77 bits per heavy atom. The standard InChI is InChI=1S/C24H30ClN3O3/c1-3-27(4-2)22(29)17-31-21-13-12-19(16-20(21)25)26-24(30)23(28-14-8-9-15-28)18-10-6-5-7-11-18/h5-7,10-13,16,23H,3-4,8-9,14-15,17H2,1-2H3,(H,26,30). The van der Waals surface area contributed by atoms with Crippen LogP contribution in [0, 0.1) is 0 Å². The van der Waals surface area contributed by atoms with Crippen molar-refractivity contribution in [3.63, 3.8) is 0 Å². The molecule has 1 unspecified atom stereocenters. The summed E-state index contributed by atoms with van der Waals surface area (Å²) in [5.41, 5.74) is 1.57.